The molecule has 4 rings (SSSR count). The number of H-pyrrole nitrogens is 1. The first-order valence-electron chi connectivity index (χ1n) is 10.0. The quantitative estimate of drug-likeness (QED) is 0.772. The monoisotopic (exact) mass is 369 g/mol. The topological polar surface area (TPSA) is 65.2 Å². The predicted octanol–water partition coefficient (Wildman–Crippen LogP) is 2.34. The second-order valence-corrected chi connectivity index (χ2v) is 7.98. The molecule has 2 saturated heterocycles. The molecule has 0 bridgehead atoms. The average Bonchev–Trinajstić information content (AvgIpc) is 3.21. The third kappa shape index (κ3) is 3.32. The number of anilines is 1. The minimum Gasteiger partial charge on any atom is -0.497 e. The Kier molecular flexibility index (Phi) is 5.10. The van der Waals surface area contributed by atoms with Gasteiger partial charge in [0.05, 0.1) is 18.8 Å². The van der Waals surface area contributed by atoms with E-state index in [0.29, 0.717) is 18.1 Å². The van der Waals surface area contributed by atoms with Crippen molar-refractivity contribution in [3.05, 3.63) is 42.2 Å². The van der Waals surface area contributed by atoms with Crippen LogP contribution in [0, 0.1) is 0 Å². The van der Waals surface area contributed by atoms with Crippen molar-refractivity contribution >= 4 is 5.69 Å². The molecule has 1 aromatic heterocycles. The summed E-state index contributed by atoms with van der Waals surface area (Å²) in [6.45, 7) is 6.79. The first-order valence-corrected chi connectivity index (χ1v) is 10.0. The first kappa shape index (κ1) is 18.3. The Morgan fingerprint density at radius 1 is 1.19 bits per heavy atom. The summed E-state index contributed by atoms with van der Waals surface area (Å²) in [5, 5.41) is 14.6. The van der Waals surface area contributed by atoms with Gasteiger partial charge < -0.3 is 20.3 Å². The Hall–Kier alpha value is -2.05. The van der Waals surface area contributed by atoms with Crippen molar-refractivity contribution in [3.63, 3.8) is 0 Å². The number of aromatic amines is 1. The smallest absolute Gasteiger partial charge is 0.119 e. The molecule has 2 aliphatic heterocycles. The van der Waals surface area contributed by atoms with Crippen LogP contribution >= 0.6 is 0 Å². The zero-order valence-electron chi connectivity index (χ0n) is 16.5. The second kappa shape index (κ2) is 7.52. The highest BCUT2D eigenvalue weighted by atomic mass is 16.5. The molecule has 6 nitrogen and oxygen atoms in total. The highest BCUT2D eigenvalue weighted by Crippen LogP contribution is 2.41. The number of piperidine rings is 1. The van der Waals surface area contributed by atoms with Crippen LogP contribution in [0.3, 0.4) is 0 Å². The molecule has 0 aliphatic carbocycles. The maximum atomic E-state index is 5.39. The zero-order valence-corrected chi connectivity index (χ0v) is 16.5. The molecule has 27 heavy (non-hydrogen) atoms. The lowest BCUT2D eigenvalue weighted by atomic mass is 9.74. The third-order valence-corrected chi connectivity index (χ3v) is 6.53. The fourth-order valence-electron chi connectivity index (χ4n) is 5.05. The van der Waals surface area contributed by atoms with Gasteiger partial charge >= 0.3 is 0 Å². The molecule has 3 atom stereocenters. The minimum absolute atomic E-state index is 0.112. The summed E-state index contributed by atoms with van der Waals surface area (Å²) >= 11 is 0. The molecule has 0 amide bonds. The van der Waals surface area contributed by atoms with E-state index in [1.54, 1.807) is 7.11 Å². The Balaban J connectivity index is 1.76. The van der Waals surface area contributed by atoms with Gasteiger partial charge in [0, 0.05) is 30.0 Å². The number of piperazine rings is 1. The van der Waals surface area contributed by atoms with E-state index in [1.807, 2.05) is 12.4 Å². The maximum Gasteiger partial charge on any atom is 0.119 e. The van der Waals surface area contributed by atoms with E-state index in [-0.39, 0.29) is 5.54 Å². The Labute approximate surface area is 161 Å². The van der Waals surface area contributed by atoms with Gasteiger partial charge in [-0.15, -0.1) is 0 Å². The third-order valence-electron chi connectivity index (χ3n) is 6.53. The lowest BCUT2D eigenvalue weighted by molar-refractivity contribution is 0.144. The SMILES string of the molecule is COc1ccc(N2C(Cc3cn[nH]c3)C(C)NC(C)C23CCNCC3)cc1. The molecule has 3 N–H and O–H groups in total. The molecule has 3 unspecified atom stereocenters. The molecular formula is C21H31N5O. The number of rotatable bonds is 4. The normalized spacial score (nSPS) is 27.7. The molecule has 0 radical (unpaired) electrons. The lowest BCUT2D eigenvalue weighted by Gasteiger charge is -2.60. The summed E-state index contributed by atoms with van der Waals surface area (Å²) in [5.41, 5.74) is 2.65. The Bertz CT molecular complexity index is 724. The van der Waals surface area contributed by atoms with Crippen molar-refractivity contribution in [2.24, 2.45) is 0 Å². The van der Waals surface area contributed by atoms with Gasteiger partial charge in [0.25, 0.3) is 0 Å². The molecule has 6 heteroatoms. The molecule has 2 aromatic rings. The Morgan fingerprint density at radius 2 is 1.93 bits per heavy atom. The van der Waals surface area contributed by atoms with E-state index >= 15 is 0 Å². The molecule has 1 spiro atoms. The number of aromatic nitrogens is 2. The minimum atomic E-state index is 0.112. The lowest BCUT2D eigenvalue weighted by Crippen LogP contribution is -2.75. The van der Waals surface area contributed by atoms with Crippen LogP contribution in [0.1, 0.15) is 32.3 Å². The summed E-state index contributed by atoms with van der Waals surface area (Å²) in [5.74, 6) is 0.903. The van der Waals surface area contributed by atoms with Gasteiger partial charge in [-0.1, -0.05) is 0 Å². The summed E-state index contributed by atoms with van der Waals surface area (Å²) in [6, 6.07) is 9.78. The fourth-order valence-corrected chi connectivity index (χ4v) is 5.05. The number of nitrogens with one attached hydrogen (secondary N) is 3. The number of benzene rings is 1. The van der Waals surface area contributed by atoms with Crippen molar-refractivity contribution in [1.82, 2.24) is 20.8 Å². The summed E-state index contributed by atoms with van der Waals surface area (Å²) < 4.78 is 5.39. The van der Waals surface area contributed by atoms with E-state index in [4.69, 9.17) is 4.74 Å². The average molecular weight is 370 g/mol. The van der Waals surface area contributed by atoms with Crippen LogP contribution in [0.25, 0.3) is 0 Å². The van der Waals surface area contributed by atoms with Gasteiger partial charge in [0.1, 0.15) is 5.75 Å². The molecule has 2 aliphatic rings. The van der Waals surface area contributed by atoms with Crippen LogP contribution in [0.2, 0.25) is 0 Å². The van der Waals surface area contributed by atoms with Crippen LogP contribution < -0.4 is 20.3 Å². The predicted molar refractivity (Wildman–Crippen MR) is 108 cm³/mol. The van der Waals surface area contributed by atoms with E-state index in [0.717, 1.165) is 38.1 Å². The highest BCUT2D eigenvalue weighted by molar-refractivity contribution is 5.55. The number of hydrogen-bond acceptors (Lipinski definition) is 5. The van der Waals surface area contributed by atoms with Gasteiger partial charge in [-0.3, -0.25) is 5.10 Å². The van der Waals surface area contributed by atoms with E-state index in [1.165, 1.54) is 11.3 Å². The Morgan fingerprint density at radius 3 is 2.56 bits per heavy atom. The molecular weight excluding hydrogens is 338 g/mol. The molecule has 1 aromatic carbocycles. The number of ether oxygens (including phenoxy) is 1. The van der Waals surface area contributed by atoms with Crippen molar-refractivity contribution in [2.75, 3.05) is 25.1 Å². The van der Waals surface area contributed by atoms with Gasteiger partial charge in [-0.05, 0) is 76.0 Å². The zero-order chi connectivity index (χ0) is 18.9. The maximum absolute atomic E-state index is 5.39. The van der Waals surface area contributed by atoms with E-state index < -0.39 is 0 Å². The number of methoxy groups -OCH3 is 1. The largest absolute Gasteiger partial charge is 0.497 e. The summed E-state index contributed by atoms with van der Waals surface area (Å²) in [4.78, 5) is 2.71. The summed E-state index contributed by atoms with van der Waals surface area (Å²) in [7, 11) is 1.72. The number of hydrogen-bond donors (Lipinski definition) is 3. The van der Waals surface area contributed by atoms with E-state index in [9.17, 15) is 0 Å². The van der Waals surface area contributed by atoms with E-state index in [2.05, 4.69) is 63.8 Å². The van der Waals surface area contributed by atoms with Gasteiger partial charge in [0.15, 0.2) is 0 Å². The van der Waals surface area contributed by atoms with Crippen molar-refractivity contribution in [3.8, 4) is 5.75 Å². The molecule has 2 fully saturated rings. The standard InChI is InChI=1S/C21H31N5O/c1-15-20(12-17-13-23-24-14-17)26(18-4-6-19(27-3)7-5-18)21(16(2)25-15)8-10-22-11-9-21/h4-7,13-16,20,22,25H,8-12H2,1-3H3,(H,23,24). The van der Waals surface area contributed by atoms with Crippen LogP contribution in [0.5, 0.6) is 5.75 Å². The van der Waals surface area contributed by atoms with Crippen molar-refractivity contribution in [2.45, 2.75) is 56.8 Å². The number of nitrogens with zero attached hydrogens (tertiary/aromatic N) is 2. The molecule has 3 heterocycles. The molecule has 146 valence electrons. The van der Waals surface area contributed by atoms with Crippen molar-refractivity contribution < 1.29 is 4.74 Å². The second-order valence-electron chi connectivity index (χ2n) is 7.98. The van der Waals surface area contributed by atoms with Crippen LogP contribution in [-0.2, 0) is 6.42 Å². The van der Waals surface area contributed by atoms with Crippen molar-refractivity contribution in [1.29, 1.82) is 0 Å². The van der Waals surface area contributed by atoms with Crippen LogP contribution in [0.4, 0.5) is 5.69 Å². The van der Waals surface area contributed by atoms with Gasteiger partial charge in [-0.2, -0.15) is 5.10 Å². The first-order chi connectivity index (χ1) is 13.1. The van der Waals surface area contributed by atoms with Gasteiger partial charge in [-0.25, -0.2) is 0 Å². The van der Waals surface area contributed by atoms with Gasteiger partial charge in [0.2, 0.25) is 0 Å². The highest BCUT2D eigenvalue weighted by Gasteiger charge is 2.50. The molecule has 0 saturated carbocycles. The summed E-state index contributed by atoms with van der Waals surface area (Å²) in [6.07, 6.45) is 7.22. The fraction of sp³-hybridized carbons (Fsp3) is 0.571. The van der Waals surface area contributed by atoms with Crippen LogP contribution in [0.15, 0.2) is 36.7 Å². The van der Waals surface area contributed by atoms with Crippen LogP contribution in [-0.4, -0.2) is 54.1 Å².